The zero-order valence-corrected chi connectivity index (χ0v) is 14.0. The summed E-state index contributed by atoms with van der Waals surface area (Å²) < 4.78 is 35.1. The zero-order chi connectivity index (χ0) is 16.8. The molecular weight excluding hydrogens is 307 g/mol. The van der Waals surface area contributed by atoms with Crippen molar-refractivity contribution in [3.8, 4) is 0 Å². The summed E-state index contributed by atoms with van der Waals surface area (Å²) in [6.07, 6.45) is 1.68. The highest BCUT2D eigenvalue weighted by atomic mass is 32.2. The van der Waals surface area contributed by atoms with Crippen molar-refractivity contribution >= 4 is 15.9 Å². The number of amides is 2. The molecule has 0 saturated carbocycles. The van der Waals surface area contributed by atoms with Gasteiger partial charge in [-0.3, -0.25) is 0 Å². The number of rotatable bonds is 7. The fourth-order valence-corrected chi connectivity index (χ4v) is 2.64. The summed E-state index contributed by atoms with van der Waals surface area (Å²) in [5.74, 6) is -0.223. The second-order valence-electron chi connectivity index (χ2n) is 6.21. The summed E-state index contributed by atoms with van der Waals surface area (Å²) in [7, 11) is -3.00. The topological polar surface area (TPSA) is 75.3 Å². The molecule has 0 bridgehead atoms. The molecule has 0 heterocycles. The molecule has 124 valence electrons. The Morgan fingerprint density at radius 1 is 1.18 bits per heavy atom. The number of carbonyl (C=O) groups excluding carboxylic acids is 1. The minimum atomic E-state index is -3.00. The van der Waals surface area contributed by atoms with Crippen LogP contribution < -0.4 is 10.6 Å². The number of hydrogen-bond acceptors (Lipinski definition) is 3. The van der Waals surface area contributed by atoms with Crippen LogP contribution in [0.3, 0.4) is 0 Å². The van der Waals surface area contributed by atoms with Crippen LogP contribution in [0.25, 0.3) is 0 Å². The van der Waals surface area contributed by atoms with Crippen molar-refractivity contribution in [2.24, 2.45) is 5.41 Å². The van der Waals surface area contributed by atoms with E-state index in [2.05, 4.69) is 10.6 Å². The molecule has 7 heteroatoms. The van der Waals surface area contributed by atoms with E-state index in [0.29, 0.717) is 19.5 Å². The van der Waals surface area contributed by atoms with Gasteiger partial charge in [0.25, 0.3) is 0 Å². The van der Waals surface area contributed by atoms with Crippen molar-refractivity contribution in [2.75, 3.05) is 18.6 Å². The van der Waals surface area contributed by atoms with E-state index in [0.717, 1.165) is 5.56 Å². The number of urea groups is 1. The lowest BCUT2D eigenvalue weighted by Crippen LogP contribution is -2.40. The van der Waals surface area contributed by atoms with E-state index in [4.69, 9.17) is 0 Å². The SMILES string of the molecule is CC(C)(CCS(C)(=O)=O)CNC(=O)NCc1ccc(F)cc1. The first kappa shape index (κ1) is 18.4. The lowest BCUT2D eigenvalue weighted by molar-refractivity contribution is 0.232. The Kier molecular flexibility index (Phi) is 6.34. The van der Waals surface area contributed by atoms with Gasteiger partial charge >= 0.3 is 6.03 Å². The smallest absolute Gasteiger partial charge is 0.315 e. The minimum Gasteiger partial charge on any atom is -0.338 e. The van der Waals surface area contributed by atoms with Gasteiger partial charge in [-0.25, -0.2) is 17.6 Å². The third kappa shape index (κ3) is 7.97. The lowest BCUT2D eigenvalue weighted by atomic mass is 9.90. The number of benzene rings is 1. The lowest BCUT2D eigenvalue weighted by Gasteiger charge is -2.24. The molecule has 0 unspecified atom stereocenters. The van der Waals surface area contributed by atoms with Crippen LogP contribution in [0.15, 0.2) is 24.3 Å². The van der Waals surface area contributed by atoms with E-state index in [1.807, 2.05) is 13.8 Å². The number of nitrogens with one attached hydrogen (secondary N) is 2. The van der Waals surface area contributed by atoms with E-state index in [1.165, 1.54) is 18.4 Å². The normalized spacial score (nSPS) is 12.0. The van der Waals surface area contributed by atoms with Crippen LogP contribution in [0.1, 0.15) is 25.8 Å². The van der Waals surface area contributed by atoms with Crippen LogP contribution >= 0.6 is 0 Å². The molecule has 0 aliphatic rings. The third-order valence-corrected chi connectivity index (χ3v) is 4.19. The summed E-state index contributed by atoms with van der Waals surface area (Å²) in [5, 5.41) is 5.39. The fourth-order valence-electron chi connectivity index (χ4n) is 1.72. The summed E-state index contributed by atoms with van der Waals surface area (Å²) in [6, 6.07) is 5.54. The van der Waals surface area contributed by atoms with Gasteiger partial charge < -0.3 is 10.6 Å². The average molecular weight is 330 g/mol. The van der Waals surface area contributed by atoms with Gasteiger partial charge in [-0.15, -0.1) is 0 Å². The molecule has 1 rings (SSSR count). The van der Waals surface area contributed by atoms with Gasteiger partial charge in [0.15, 0.2) is 0 Å². The predicted molar refractivity (Wildman–Crippen MR) is 84.7 cm³/mol. The van der Waals surface area contributed by atoms with Crippen molar-refractivity contribution in [3.05, 3.63) is 35.6 Å². The van der Waals surface area contributed by atoms with Crippen LogP contribution in [0.2, 0.25) is 0 Å². The van der Waals surface area contributed by atoms with Crippen molar-refractivity contribution < 1.29 is 17.6 Å². The van der Waals surface area contributed by atoms with Gasteiger partial charge in [-0.1, -0.05) is 26.0 Å². The van der Waals surface area contributed by atoms with Gasteiger partial charge in [-0.2, -0.15) is 0 Å². The molecule has 0 spiro atoms. The van der Waals surface area contributed by atoms with Crippen LogP contribution in [0, 0.1) is 11.2 Å². The summed E-state index contributed by atoms with van der Waals surface area (Å²) in [4.78, 5) is 11.7. The van der Waals surface area contributed by atoms with Crippen molar-refractivity contribution in [3.63, 3.8) is 0 Å². The second kappa shape index (κ2) is 7.58. The van der Waals surface area contributed by atoms with E-state index in [1.54, 1.807) is 12.1 Å². The maximum Gasteiger partial charge on any atom is 0.315 e. The molecule has 22 heavy (non-hydrogen) atoms. The van der Waals surface area contributed by atoms with Crippen LogP contribution in [-0.4, -0.2) is 33.0 Å². The first-order valence-electron chi connectivity index (χ1n) is 7.01. The Morgan fingerprint density at radius 2 is 1.77 bits per heavy atom. The molecular formula is C15H23FN2O3S. The number of halogens is 1. The predicted octanol–water partition coefficient (Wildman–Crippen LogP) is 2.09. The van der Waals surface area contributed by atoms with Gasteiger partial charge in [0.1, 0.15) is 15.7 Å². The molecule has 0 aliphatic heterocycles. The largest absolute Gasteiger partial charge is 0.338 e. The van der Waals surface area contributed by atoms with Gasteiger partial charge in [0.2, 0.25) is 0 Å². The maximum absolute atomic E-state index is 12.8. The molecule has 0 fully saturated rings. The highest BCUT2D eigenvalue weighted by molar-refractivity contribution is 7.90. The van der Waals surface area contributed by atoms with Crippen molar-refractivity contribution in [2.45, 2.75) is 26.8 Å². The van der Waals surface area contributed by atoms with Crippen molar-refractivity contribution in [1.29, 1.82) is 0 Å². The summed E-state index contributed by atoms with van der Waals surface area (Å²) >= 11 is 0. The quantitative estimate of drug-likeness (QED) is 0.804. The number of sulfone groups is 1. The highest BCUT2D eigenvalue weighted by Gasteiger charge is 2.20. The zero-order valence-electron chi connectivity index (χ0n) is 13.1. The third-order valence-electron chi connectivity index (χ3n) is 3.24. The average Bonchev–Trinajstić information content (AvgIpc) is 2.42. The van der Waals surface area contributed by atoms with E-state index >= 15 is 0 Å². The van der Waals surface area contributed by atoms with E-state index < -0.39 is 9.84 Å². The van der Waals surface area contributed by atoms with Crippen LogP contribution in [-0.2, 0) is 16.4 Å². The monoisotopic (exact) mass is 330 g/mol. The second-order valence-corrected chi connectivity index (χ2v) is 8.47. The van der Waals surface area contributed by atoms with E-state index in [-0.39, 0.29) is 23.0 Å². The fraction of sp³-hybridized carbons (Fsp3) is 0.533. The number of hydrogen-bond donors (Lipinski definition) is 2. The van der Waals surface area contributed by atoms with Gasteiger partial charge in [-0.05, 0) is 29.5 Å². The summed E-state index contributed by atoms with van der Waals surface area (Å²) in [5.41, 5.74) is 0.490. The molecule has 1 aromatic carbocycles. The molecule has 1 aromatic rings. The van der Waals surface area contributed by atoms with Crippen molar-refractivity contribution in [1.82, 2.24) is 10.6 Å². The molecule has 2 amide bonds. The van der Waals surface area contributed by atoms with Crippen LogP contribution in [0.5, 0.6) is 0 Å². The Bertz CT molecular complexity index is 598. The van der Waals surface area contributed by atoms with Crippen LogP contribution in [0.4, 0.5) is 9.18 Å². The molecule has 0 atom stereocenters. The van der Waals surface area contributed by atoms with Gasteiger partial charge in [0.05, 0.1) is 5.75 Å². The molecule has 0 saturated heterocycles. The Morgan fingerprint density at radius 3 is 2.32 bits per heavy atom. The first-order chi connectivity index (χ1) is 10.1. The first-order valence-corrected chi connectivity index (χ1v) is 9.07. The summed E-state index contributed by atoms with van der Waals surface area (Å²) in [6.45, 7) is 4.48. The Balaban J connectivity index is 2.34. The molecule has 2 N–H and O–H groups in total. The molecule has 0 aromatic heterocycles. The highest BCUT2D eigenvalue weighted by Crippen LogP contribution is 2.19. The molecule has 0 aliphatic carbocycles. The minimum absolute atomic E-state index is 0.0961. The molecule has 5 nitrogen and oxygen atoms in total. The van der Waals surface area contributed by atoms with Gasteiger partial charge in [0, 0.05) is 19.3 Å². The standard InChI is InChI=1S/C15H23FN2O3S/c1-15(2,8-9-22(3,20)21)11-18-14(19)17-10-12-4-6-13(16)7-5-12/h4-7H,8-11H2,1-3H3,(H2,17,18,19). The number of carbonyl (C=O) groups is 1. The van der Waals surface area contributed by atoms with E-state index in [9.17, 15) is 17.6 Å². The Hall–Kier alpha value is -1.63. The maximum atomic E-state index is 12.8. The molecule has 0 radical (unpaired) electrons. The Labute approximate surface area is 131 Å².